The summed E-state index contributed by atoms with van der Waals surface area (Å²) in [5.74, 6) is 0.310. The van der Waals surface area contributed by atoms with E-state index in [1.807, 2.05) is 0 Å². The van der Waals surface area contributed by atoms with Gasteiger partial charge < -0.3 is 9.47 Å². The number of ether oxygens (including phenoxy) is 2. The van der Waals surface area contributed by atoms with Crippen molar-refractivity contribution in [2.24, 2.45) is 0 Å². The smallest absolute Gasteiger partial charge is 0.434 e. The number of hydrogen-bond donors (Lipinski definition) is 0. The second-order valence-corrected chi connectivity index (χ2v) is 3.07. The molecule has 0 bridgehead atoms. The zero-order chi connectivity index (χ0) is 9.94. The van der Waals surface area contributed by atoms with E-state index in [0.717, 1.165) is 12.8 Å². The van der Waals surface area contributed by atoms with Crippen LogP contribution in [0.25, 0.3) is 0 Å². The Morgan fingerprint density at radius 1 is 1.15 bits per heavy atom. The second kappa shape index (κ2) is 9.65. The molecule has 0 aromatic carbocycles. The summed E-state index contributed by atoms with van der Waals surface area (Å²) in [5.41, 5.74) is 0. The Morgan fingerprint density at radius 2 is 1.85 bits per heavy atom. The van der Waals surface area contributed by atoms with Crippen LogP contribution < -0.4 is 0 Å². The number of rotatable bonds is 7. The first-order chi connectivity index (χ1) is 6.31. The van der Waals surface area contributed by atoms with Crippen molar-refractivity contribution in [1.29, 1.82) is 0 Å². The topological polar surface area (TPSA) is 35.5 Å². The molecular weight excluding hydrogens is 192 g/mol. The van der Waals surface area contributed by atoms with Crippen molar-refractivity contribution >= 4 is 17.8 Å². The minimum atomic E-state index is -0.614. The van der Waals surface area contributed by atoms with Crippen LogP contribution in [0.4, 0.5) is 4.79 Å². The van der Waals surface area contributed by atoms with Gasteiger partial charge in [-0.15, -0.1) is 11.6 Å². The highest BCUT2D eigenvalue weighted by molar-refractivity contribution is 6.18. The fourth-order valence-corrected chi connectivity index (χ4v) is 0.925. The molecule has 0 N–H and O–H groups in total. The van der Waals surface area contributed by atoms with Crippen LogP contribution in [0, 0.1) is 0 Å². The van der Waals surface area contributed by atoms with Crippen LogP contribution in [0.5, 0.6) is 0 Å². The van der Waals surface area contributed by atoms with E-state index in [0.29, 0.717) is 12.5 Å². The van der Waals surface area contributed by atoms with E-state index in [9.17, 15) is 4.79 Å². The summed E-state index contributed by atoms with van der Waals surface area (Å²) in [7, 11) is 0. The third kappa shape index (κ3) is 9.47. The molecule has 3 nitrogen and oxygen atoms in total. The van der Waals surface area contributed by atoms with E-state index >= 15 is 0 Å². The Hall–Kier alpha value is -0.440. The SMILES string of the molecule is CCCCCCOC(=O)OCCCl. The standard InChI is InChI=1S/C9H17ClO3/c1-2-3-4-5-7-12-9(11)13-8-6-10/h2-8H2,1H3. The summed E-state index contributed by atoms with van der Waals surface area (Å²) in [4.78, 5) is 10.7. The van der Waals surface area contributed by atoms with Crippen molar-refractivity contribution in [1.82, 2.24) is 0 Å². The van der Waals surface area contributed by atoms with Gasteiger partial charge in [-0.2, -0.15) is 0 Å². The lowest BCUT2D eigenvalue weighted by Gasteiger charge is -2.03. The van der Waals surface area contributed by atoms with Crippen molar-refractivity contribution in [2.75, 3.05) is 19.1 Å². The first kappa shape index (κ1) is 12.6. The molecule has 0 fully saturated rings. The fourth-order valence-electron chi connectivity index (χ4n) is 0.848. The lowest BCUT2D eigenvalue weighted by Crippen LogP contribution is -2.09. The summed E-state index contributed by atoms with van der Waals surface area (Å²) in [6.07, 6.45) is 3.75. The zero-order valence-electron chi connectivity index (χ0n) is 8.05. The van der Waals surface area contributed by atoms with Crippen LogP contribution in [0.1, 0.15) is 32.6 Å². The van der Waals surface area contributed by atoms with Crippen LogP contribution in [0.3, 0.4) is 0 Å². The minimum Gasteiger partial charge on any atom is -0.434 e. The number of carbonyl (C=O) groups is 1. The third-order valence-corrected chi connectivity index (χ3v) is 1.67. The average molecular weight is 209 g/mol. The molecule has 0 rings (SSSR count). The molecule has 13 heavy (non-hydrogen) atoms. The Bertz CT molecular complexity index is 128. The van der Waals surface area contributed by atoms with E-state index in [1.165, 1.54) is 12.8 Å². The molecule has 0 saturated carbocycles. The molecule has 0 aromatic rings. The lowest BCUT2D eigenvalue weighted by molar-refractivity contribution is 0.0583. The monoisotopic (exact) mass is 208 g/mol. The molecular formula is C9H17ClO3. The van der Waals surface area contributed by atoms with E-state index in [2.05, 4.69) is 11.7 Å². The number of alkyl halides is 1. The zero-order valence-corrected chi connectivity index (χ0v) is 8.81. The molecule has 0 aliphatic carbocycles. The summed E-state index contributed by atoms with van der Waals surface area (Å²) in [6, 6.07) is 0. The molecule has 0 saturated heterocycles. The van der Waals surface area contributed by atoms with Gasteiger partial charge in [0.05, 0.1) is 12.5 Å². The molecule has 0 unspecified atom stereocenters. The van der Waals surface area contributed by atoms with Gasteiger partial charge in [0.1, 0.15) is 6.61 Å². The summed E-state index contributed by atoms with van der Waals surface area (Å²) in [5, 5.41) is 0. The van der Waals surface area contributed by atoms with Gasteiger partial charge in [-0.1, -0.05) is 26.2 Å². The van der Waals surface area contributed by atoms with Crippen molar-refractivity contribution in [3.8, 4) is 0 Å². The normalized spacial score (nSPS) is 9.69. The predicted octanol–water partition coefficient (Wildman–Crippen LogP) is 2.96. The van der Waals surface area contributed by atoms with Crippen molar-refractivity contribution < 1.29 is 14.3 Å². The summed E-state index contributed by atoms with van der Waals surface area (Å²) in [6.45, 7) is 2.80. The van der Waals surface area contributed by atoms with Crippen molar-refractivity contribution in [3.05, 3.63) is 0 Å². The maximum Gasteiger partial charge on any atom is 0.508 e. The molecule has 4 heteroatoms. The molecule has 0 heterocycles. The van der Waals surface area contributed by atoms with Crippen LogP contribution in [0.15, 0.2) is 0 Å². The van der Waals surface area contributed by atoms with Gasteiger partial charge >= 0.3 is 6.16 Å². The van der Waals surface area contributed by atoms with E-state index < -0.39 is 6.16 Å². The predicted molar refractivity (Wildman–Crippen MR) is 52.2 cm³/mol. The van der Waals surface area contributed by atoms with E-state index in [1.54, 1.807) is 0 Å². The average Bonchev–Trinajstić information content (AvgIpc) is 2.14. The minimum absolute atomic E-state index is 0.218. The summed E-state index contributed by atoms with van der Waals surface area (Å²) < 4.78 is 9.38. The molecule has 0 aromatic heterocycles. The van der Waals surface area contributed by atoms with Crippen LogP contribution in [-0.2, 0) is 9.47 Å². The summed E-state index contributed by atoms with van der Waals surface area (Å²) >= 11 is 5.32. The highest BCUT2D eigenvalue weighted by atomic mass is 35.5. The molecule has 78 valence electrons. The molecule has 0 aliphatic rings. The molecule has 0 radical (unpaired) electrons. The van der Waals surface area contributed by atoms with Crippen LogP contribution in [-0.4, -0.2) is 25.2 Å². The second-order valence-electron chi connectivity index (χ2n) is 2.70. The van der Waals surface area contributed by atoms with Gasteiger partial charge in [0, 0.05) is 0 Å². The van der Waals surface area contributed by atoms with Gasteiger partial charge in [0.15, 0.2) is 0 Å². The van der Waals surface area contributed by atoms with Crippen LogP contribution in [0.2, 0.25) is 0 Å². The highest BCUT2D eigenvalue weighted by Crippen LogP contribution is 1.99. The Labute approximate surface area is 84.4 Å². The third-order valence-electron chi connectivity index (χ3n) is 1.51. The maximum atomic E-state index is 10.7. The number of hydrogen-bond acceptors (Lipinski definition) is 3. The Balaban J connectivity index is 3.08. The van der Waals surface area contributed by atoms with Gasteiger partial charge in [-0.3, -0.25) is 0 Å². The number of halogens is 1. The first-order valence-corrected chi connectivity index (χ1v) is 5.20. The Kier molecular flexibility index (Phi) is 9.32. The highest BCUT2D eigenvalue weighted by Gasteiger charge is 2.01. The van der Waals surface area contributed by atoms with Crippen molar-refractivity contribution in [2.45, 2.75) is 32.6 Å². The Morgan fingerprint density at radius 3 is 2.46 bits per heavy atom. The van der Waals surface area contributed by atoms with Gasteiger partial charge in [0.2, 0.25) is 0 Å². The van der Waals surface area contributed by atoms with Gasteiger partial charge in [-0.05, 0) is 6.42 Å². The largest absolute Gasteiger partial charge is 0.508 e. The molecule has 0 aliphatic heterocycles. The molecule has 0 atom stereocenters. The van der Waals surface area contributed by atoms with Crippen molar-refractivity contribution in [3.63, 3.8) is 0 Å². The van der Waals surface area contributed by atoms with Crippen LogP contribution >= 0.6 is 11.6 Å². The maximum absolute atomic E-state index is 10.7. The van der Waals surface area contributed by atoms with E-state index in [-0.39, 0.29) is 6.61 Å². The first-order valence-electron chi connectivity index (χ1n) is 4.66. The number of unbranched alkanes of at least 4 members (excludes halogenated alkanes) is 3. The van der Waals surface area contributed by atoms with Gasteiger partial charge in [0.25, 0.3) is 0 Å². The fraction of sp³-hybridized carbons (Fsp3) is 0.889. The quantitative estimate of drug-likeness (QED) is 0.367. The molecule has 0 spiro atoms. The molecule has 0 amide bonds. The lowest BCUT2D eigenvalue weighted by atomic mass is 10.2. The number of carbonyl (C=O) groups excluding carboxylic acids is 1. The van der Waals surface area contributed by atoms with Gasteiger partial charge in [-0.25, -0.2) is 4.79 Å². The van der Waals surface area contributed by atoms with E-state index in [4.69, 9.17) is 16.3 Å².